The number of nitrogens with zero attached hydrogens (tertiary/aromatic N) is 5. The topological polar surface area (TPSA) is 68.5 Å². The maximum Gasteiger partial charge on any atom is 0.188 e. The minimum Gasteiger partial charge on any atom is -0.316 e. The van der Waals surface area contributed by atoms with Crippen molar-refractivity contribution >= 4 is 33.3 Å². The third-order valence-corrected chi connectivity index (χ3v) is 5.43. The molecule has 0 amide bonds. The molecule has 6 nitrogen and oxygen atoms in total. The molecular formula is C22H18N6S. The first kappa shape index (κ1) is 17.5. The second kappa shape index (κ2) is 7.10. The number of aromatic nitrogens is 5. The van der Waals surface area contributed by atoms with Gasteiger partial charge in [0.15, 0.2) is 10.8 Å². The fourth-order valence-electron chi connectivity index (χ4n) is 3.39. The van der Waals surface area contributed by atoms with Gasteiger partial charge < -0.3 is 5.32 Å². The van der Waals surface area contributed by atoms with Crippen molar-refractivity contribution < 1.29 is 0 Å². The second-order valence-corrected chi connectivity index (χ2v) is 7.59. The number of thiazole rings is 1. The van der Waals surface area contributed by atoms with Crippen LogP contribution in [-0.2, 0) is 0 Å². The van der Waals surface area contributed by atoms with Gasteiger partial charge in [0.1, 0.15) is 11.5 Å². The Morgan fingerprint density at radius 1 is 0.931 bits per heavy atom. The normalized spacial score (nSPS) is 11.1. The number of fused-ring (bicyclic) bond motifs is 1. The fourth-order valence-corrected chi connectivity index (χ4v) is 4.10. The number of aryl methyl sites for hydroxylation is 2. The first-order chi connectivity index (χ1) is 14.2. The Bertz CT molecular complexity index is 1290. The lowest BCUT2D eigenvalue weighted by Crippen LogP contribution is -2.00. The third kappa shape index (κ3) is 3.25. The smallest absolute Gasteiger partial charge is 0.188 e. The minimum absolute atomic E-state index is 0.744. The van der Waals surface area contributed by atoms with Crippen LogP contribution in [0.5, 0.6) is 0 Å². The molecule has 0 saturated heterocycles. The lowest BCUT2D eigenvalue weighted by molar-refractivity contribution is 0.878. The van der Waals surface area contributed by atoms with Gasteiger partial charge in [-0.05, 0) is 49.7 Å². The molecule has 7 heteroatoms. The molecule has 0 saturated carbocycles. The predicted octanol–water partition coefficient (Wildman–Crippen LogP) is 5.30. The summed E-state index contributed by atoms with van der Waals surface area (Å²) in [6.07, 6.45) is 1.77. The molecule has 0 aliphatic rings. The molecule has 1 N–H and O–H groups in total. The SMILES string of the molecule is Cc1cc(Nc2nc(-c3ccccn3)cs2)nc2c1c(C)nn2-c1ccccc1. The van der Waals surface area contributed by atoms with E-state index in [1.807, 2.05) is 71.6 Å². The van der Waals surface area contributed by atoms with Gasteiger partial charge in [0, 0.05) is 17.0 Å². The number of benzene rings is 1. The number of pyridine rings is 2. The van der Waals surface area contributed by atoms with E-state index in [2.05, 4.69) is 22.2 Å². The first-order valence-corrected chi connectivity index (χ1v) is 10.1. The first-order valence-electron chi connectivity index (χ1n) is 9.25. The highest BCUT2D eigenvalue weighted by molar-refractivity contribution is 7.14. The Labute approximate surface area is 171 Å². The molecule has 29 heavy (non-hydrogen) atoms. The molecule has 0 bridgehead atoms. The summed E-state index contributed by atoms with van der Waals surface area (Å²) in [7, 11) is 0. The van der Waals surface area contributed by atoms with Crippen molar-refractivity contribution in [3.63, 3.8) is 0 Å². The summed E-state index contributed by atoms with van der Waals surface area (Å²) in [4.78, 5) is 13.9. The molecule has 142 valence electrons. The van der Waals surface area contributed by atoms with Crippen LogP contribution in [0, 0.1) is 13.8 Å². The minimum atomic E-state index is 0.744. The summed E-state index contributed by atoms with van der Waals surface area (Å²) in [5, 5.41) is 11.9. The van der Waals surface area contributed by atoms with Gasteiger partial charge in [-0.15, -0.1) is 11.3 Å². The molecule has 5 rings (SSSR count). The number of para-hydroxylation sites is 1. The molecule has 0 radical (unpaired) electrons. The zero-order valence-electron chi connectivity index (χ0n) is 16.0. The van der Waals surface area contributed by atoms with Gasteiger partial charge in [-0.2, -0.15) is 5.10 Å². The van der Waals surface area contributed by atoms with Crippen molar-refractivity contribution in [3.05, 3.63) is 77.4 Å². The summed E-state index contributed by atoms with van der Waals surface area (Å²) in [6, 6.07) is 17.9. The summed E-state index contributed by atoms with van der Waals surface area (Å²) < 4.78 is 1.89. The summed E-state index contributed by atoms with van der Waals surface area (Å²) in [5.74, 6) is 0.744. The zero-order valence-corrected chi connectivity index (χ0v) is 16.8. The fraction of sp³-hybridized carbons (Fsp3) is 0.0909. The molecule has 0 fully saturated rings. The Kier molecular flexibility index (Phi) is 4.29. The highest BCUT2D eigenvalue weighted by Crippen LogP contribution is 2.29. The number of anilines is 2. The molecule has 4 heterocycles. The number of rotatable bonds is 4. The van der Waals surface area contributed by atoms with Gasteiger partial charge in [-0.1, -0.05) is 24.3 Å². The maximum absolute atomic E-state index is 4.85. The van der Waals surface area contributed by atoms with E-state index in [1.165, 1.54) is 11.3 Å². The molecule has 0 spiro atoms. The largest absolute Gasteiger partial charge is 0.316 e. The van der Waals surface area contributed by atoms with E-state index in [4.69, 9.17) is 10.1 Å². The van der Waals surface area contributed by atoms with Crippen LogP contribution in [0.1, 0.15) is 11.3 Å². The van der Waals surface area contributed by atoms with E-state index in [0.717, 1.165) is 50.3 Å². The third-order valence-electron chi connectivity index (χ3n) is 4.68. The van der Waals surface area contributed by atoms with Crippen LogP contribution in [0.15, 0.2) is 66.2 Å². The Morgan fingerprint density at radius 2 is 1.76 bits per heavy atom. The Hall–Kier alpha value is -3.58. The quantitative estimate of drug-likeness (QED) is 0.445. The standard InChI is InChI=1S/C22H18N6S/c1-14-12-19(26-22-24-18(13-29-22)17-10-6-7-11-23-17)25-21-20(14)15(2)27-28(21)16-8-4-3-5-9-16/h3-13H,1-2H3,(H,24,25,26). The summed E-state index contributed by atoms with van der Waals surface area (Å²) in [6.45, 7) is 4.10. The molecule has 0 aliphatic heterocycles. The average Bonchev–Trinajstić information content (AvgIpc) is 3.34. The number of hydrogen-bond donors (Lipinski definition) is 1. The van der Waals surface area contributed by atoms with Gasteiger partial charge >= 0.3 is 0 Å². The van der Waals surface area contributed by atoms with Crippen molar-refractivity contribution in [2.45, 2.75) is 13.8 Å². The molecular weight excluding hydrogens is 380 g/mol. The van der Waals surface area contributed by atoms with Crippen LogP contribution in [0.25, 0.3) is 28.1 Å². The van der Waals surface area contributed by atoms with E-state index in [1.54, 1.807) is 6.20 Å². The molecule has 0 unspecified atom stereocenters. The Morgan fingerprint density at radius 3 is 2.55 bits per heavy atom. The van der Waals surface area contributed by atoms with Gasteiger partial charge in [0.25, 0.3) is 0 Å². The van der Waals surface area contributed by atoms with E-state index in [0.29, 0.717) is 0 Å². The van der Waals surface area contributed by atoms with Crippen LogP contribution in [-0.4, -0.2) is 24.7 Å². The van der Waals surface area contributed by atoms with E-state index in [9.17, 15) is 0 Å². The van der Waals surface area contributed by atoms with Crippen LogP contribution >= 0.6 is 11.3 Å². The van der Waals surface area contributed by atoms with Crippen LogP contribution < -0.4 is 5.32 Å². The average molecular weight is 398 g/mol. The predicted molar refractivity (Wildman–Crippen MR) is 117 cm³/mol. The van der Waals surface area contributed by atoms with Crippen molar-refractivity contribution in [1.82, 2.24) is 24.7 Å². The lowest BCUT2D eigenvalue weighted by atomic mass is 10.1. The van der Waals surface area contributed by atoms with Crippen LogP contribution in [0.3, 0.4) is 0 Å². The van der Waals surface area contributed by atoms with Gasteiger partial charge in [-0.25, -0.2) is 14.6 Å². The van der Waals surface area contributed by atoms with Crippen LogP contribution in [0.4, 0.5) is 10.9 Å². The molecule has 4 aromatic heterocycles. The molecule has 5 aromatic rings. The Balaban J connectivity index is 1.54. The monoisotopic (exact) mass is 398 g/mol. The van der Waals surface area contributed by atoms with E-state index >= 15 is 0 Å². The maximum atomic E-state index is 4.85. The lowest BCUT2D eigenvalue weighted by Gasteiger charge is -2.07. The summed E-state index contributed by atoms with van der Waals surface area (Å²) >= 11 is 1.53. The van der Waals surface area contributed by atoms with Gasteiger partial charge in [-0.3, -0.25) is 4.98 Å². The van der Waals surface area contributed by atoms with Crippen molar-refractivity contribution in [3.8, 4) is 17.1 Å². The number of hydrogen-bond acceptors (Lipinski definition) is 6. The van der Waals surface area contributed by atoms with E-state index in [-0.39, 0.29) is 0 Å². The van der Waals surface area contributed by atoms with Gasteiger partial charge in [0.2, 0.25) is 0 Å². The van der Waals surface area contributed by atoms with Crippen molar-refractivity contribution in [2.24, 2.45) is 0 Å². The van der Waals surface area contributed by atoms with E-state index < -0.39 is 0 Å². The zero-order chi connectivity index (χ0) is 19.8. The highest BCUT2D eigenvalue weighted by atomic mass is 32.1. The van der Waals surface area contributed by atoms with Crippen molar-refractivity contribution in [1.29, 1.82) is 0 Å². The van der Waals surface area contributed by atoms with Crippen molar-refractivity contribution in [2.75, 3.05) is 5.32 Å². The van der Waals surface area contributed by atoms with Gasteiger partial charge in [0.05, 0.1) is 17.1 Å². The van der Waals surface area contributed by atoms with Crippen LogP contribution in [0.2, 0.25) is 0 Å². The molecule has 0 aliphatic carbocycles. The molecule has 0 atom stereocenters. The second-order valence-electron chi connectivity index (χ2n) is 6.73. The highest BCUT2D eigenvalue weighted by Gasteiger charge is 2.15. The summed E-state index contributed by atoms with van der Waals surface area (Å²) in [5.41, 5.74) is 5.61. The molecule has 1 aromatic carbocycles. The number of nitrogens with one attached hydrogen (secondary N) is 1.